The number of alkyl halides is 2. The SMILES string of the molecule is O=[N+]([O-])c1ccc(NC2CCOC(C3CC3)C2)cc1OC(F)F. The van der Waals surface area contributed by atoms with Crippen LogP contribution < -0.4 is 10.1 Å². The molecule has 6 nitrogen and oxygen atoms in total. The van der Waals surface area contributed by atoms with Crippen molar-refractivity contribution in [3.63, 3.8) is 0 Å². The summed E-state index contributed by atoms with van der Waals surface area (Å²) in [6.07, 6.45) is 4.30. The van der Waals surface area contributed by atoms with Crippen molar-refractivity contribution in [1.29, 1.82) is 0 Å². The van der Waals surface area contributed by atoms with Crippen molar-refractivity contribution in [2.75, 3.05) is 11.9 Å². The van der Waals surface area contributed by atoms with E-state index < -0.39 is 23.0 Å². The summed E-state index contributed by atoms with van der Waals surface area (Å²) >= 11 is 0. The van der Waals surface area contributed by atoms with Crippen LogP contribution in [0.15, 0.2) is 18.2 Å². The van der Waals surface area contributed by atoms with Crippen LogP contribution in [-0.2, 0) is 4.74 Å². The van der Waals surface area contributed by atoms with Crippen LogP contribution in [-0.4, -0.2) is 30.3 Å². The number of halogens is 2. The van der Waals surface area contributed by atoms with E-state index in [2.05, 4.69) is 10.1 Å². The third-order valence-corrected chi connectivity index (χ3v) is 4.21. The van der Waals surface area contributed by atoms with Gasteiger partial charge in [-0.15, -0.1) is 0 Å². The van der Waals surface area contributed by atoms with Gasteiger partial charge in [-0.05, 0) is 37.7 Å². The second-order valence-electron chi connectivity index (χ2n) is 5.93. The molecular weight excluding hydrogens is 310 g/mol. The van der Waals surface area contributed by atoms with Crippen LogP contribution in [0.5, 0.6) is 5.75 Å². The lowest BCUT2D eigenvalue weighted by molar-refractivity contribution is -0.386. The van der Waals surface area contributed by atoms with Gasteiger partial charge >= 0.3 is 12.3 Å². The van der Waals surface area contributed by atoms with Gasteiger partial charge in [0.25, 0.3) is 0 Å². The normalized spacial score (nSPS) is 24.5. The Labute approximate surface area is 131 Å². The zero-order chi connectivity index (χ0) is 16.4. The van der Waals surface area contributed by atoms with E-state index in [4.69, 9.17) is 4.74 Å². The Morgan fingerprint density at radius 3 is 2.78 bits per heavy atom. The standard InChI is InChI=1S/C15H18F2N2O4/c16-15(17)23-14-8-10(3-4-12(14)19(20)21)18-11-5-6-22-13(7-11)9-1-2-9/h3-4,8-9,11,13,15,18H,1-2,5-7H2. The van der Waals surface area contributed by atoms with Crippen LogP contribution in [0.4, 0.5) is 20.2 Å². The van der Waals surface area contributed by atoms with E-state index >= 15 is 0 Å². The predicted molar refractivity (Wildman–Crippen MR) is 78.8 cm³/mol. The van der Waals surface area contributed by atoms with Crippen molar-refractivity contribution < 1.29 is 23.2 Å². The van der Waals surface area contributed by atoms with E-state index in [-0.39, 0.29) is 12.1 Å². The highest BCUT2D eigenvalue weighted by Crippen LogP contribution is 2.39. The summed E-state index contributed by atoms with van der Waals surface area (Å²) in [5.41, 5.74) is 0.0615. The lowest BCUT2D eigenvalue weighted by Gasteiger charge is -2.31. The summed E-state index contributed by atoms with van der Waals surface area (Å²) in [6, 6.07) is 4.11. The first-order valence-corrected chi connectivity index (χ1v) is 7.64. The highest BCUT2D eigenvalue weighted by Gasteiger charge is 2.35. The van der Waals surface area contributed by atoms with Crippen LogP contribution in [0.1, 0.15) is 25.7 Å². The first-order chi connectivity index (χ1) is 11.0. The molecule has 1 N–H and O–H groups in total. The largest absolute Gasteiger partial charge is 0.427 e. The minimum atomic E-state index is -3.11. The zero-order valence-electron chi connectivity index (χ0n) is 12.4. The highest BCUT2D eigenvalue weighted by molar-refractivity contribution is 5.58. The molecule has 2 fully saturated rings. The fourth-order valence-corrected chi connectivity index (χ4v) is 2.94. The van der Waals surface area contributed by atoms with Crippen LogP contribution in [0.25, 0.3) is 0 Å². The fraction of sp³-hybridized carbons (Fsp3) is 0.600. The Bertz CT molecular complexity index is 581. The van der Waals surface area contributed by atoms with Gasteiger partial charge in [-0.2, -0.15) is 8.78 Å². The molecule has 1 saturated carbocycles. The lowest BCUT2D eigenvalue weighted by Crippen LogP contribution is -2.35. The molecule has 1 heterocycles. The van der Waals surface area contributed by atoms with Crippen molar-refractivity contribution in [2.45, 2.75) is 44.4 Å². The Kier molecular flexibility index (Phi) is 4.61. The summed E-state index contributed by atoms with van der Waals surface area (Å²) in [4.78, 5) is 10.1. The number of ether oxygens (including phenoxy) is 2. The molecule has 1 aromatic carbocycles. The molecule has 1 saturated heterocycles. The Morgan fingerprint density at radius 2 is 2.13 bits per heavy atom. The predicted octanol–water partition coefficient (Wildman–Crippen LogP) is 3.57. The van der Waals surface area contributed by atoms with Crippen LogP contribution in [0.2, 0.25) is 0 Å². The summed E-state index contributed by atoms with van der Waals surface area (Å²) in [5.74, 6) is 0.204. The van der Waals surface area contributed by atoms with Crippen molar-refractivity contribution in [3.05, 3.63) is 28.3 Å². The average molecular weight is 328 g/mol. The van der Waals surface area contributed by atoms with Gasteiger partial charge in [0.05, 0.1) is 11.0 Å². The van der Waals surface area contributed by atoms with E-state index in [1.807, 2.05) is 0 Å². The molecule has 1 aromatic rings. The molecule has 8 heteroatoms. The van der Waals surface area contributed by atoms with Crippen molar-refractivity contribution in [3.8, 4) is 5.75 Å². The maximum absolute atomic E-state index is 12.4. The molecule has 2 atom stereocenters. The lowest BCUT2D eigenvalue weighted by atomic mass is 10.00. The maximum atomic E-state index is 12.4. The highest BCUT2D eigenvalue weighted by atomic mass is 19.3. The smallest absolute Gasteiger partial charge is 0.387 e. The molecule has 2 unspecified atom stereocenters. The number of nitro benzene ring substituents is 1. The van der Waals surface area contributed by atoms with Crippen molar-refractivity contribution >= 4 is 11.4 Å². The van der Waals surface area contributed by atoms with Gasteiger partial charge in [-0.25, -0.2) is 0 Å². The number of anilines is 1. The topological polar surface area (TPSA) is 73.6 Å². The molecule has 126 valence electrons. The molecule has 0 aromatic heterocycles. The molecule has 1 aliphatic heterocycles. The molecule has 2 aliphatic rings. The molecule has 23 heavy (non-hydrogen) atoms. The van der Waals surface area contributed by atoms with Gasteiger partial charge in [-0.3, -0.25) is 10.1 Å². The summed E-state index contributed by atoms with van der Waals surface area (Å²) in [7, 11) is 0. The monoisotopic (exact) mass is 328 g/mol. The van der Waals surface area contributed by atoms with Gasteiger partial charge in [0.15, 0.2) is 0 Å². The van der Waals surface area contributed by atoms with E-state index in [9.17, 15) is 18.9 Å². The summed E-state index contributed by atoms with van der Waals surface area (Å²) in [5, 5.41) is 14.1. The summed E-state index contributed by atoms with van der Waals surface area (Å²) in [6.45, 7) is -2.45. The van der Waals surface area contributed by atoms with E-state index in [0.29, 0.717) is 18.2 Å². The molecule has 1 aliphatic carbocycles. The minimum absolute atomic E-state index is 0.162. The van der Waals surface area contributed by atoms with Gasteiger partial charge in [0, 0.05) is 30.5 Å². The molecule has 0 amide bonds. The number of hydrogen-bond acceptors (Lipinski definition) is 5. The van der Waals surface area contributed by atoms with Crippen molar-refractivity contribution in [1.82, 2.24) is 0 Å². The number of nitrogens with one attached hydrogen (secondary N) is 1. The van der Waals surface area contributed by atoms with E-state index in [1.54, 1.807) is 0 Å². The molecule has 0 radical (unpaired) electrons. The number of hydrogen-bond donors (Lipinski definition) is 1. The summed E-state index contributed by atoms with van der Waals surface area (Å²) < 4.78 is 34.8. The number of rotatable bonds is 6. The Balaban J connectivity index is 1.70. The Hall–Kier alpha value is -1.96. The Morgan fingerprint density at radius 1 is 1.35 bits per heavy atom. The first kappa shape index (κ1) is 15.9. The van der Waals surface area contributed by atoms with Gasteiger partial charge in [-0.1, -0.05) is 0 Å². The molecular formula is C15H18F2N2O4. The third-order valence-electron chi connectivity index (χ3n) is 4.21. The fourth-order valence-electron chi connectivity index (χ4n) is 2.94. The molecule has 3 rings (SSSR count). The van der Waals surface area contributed by atoms with Gasteiger partial charge < -0.3 is 14.8 Å². The first-order valence-electron chi connectivity index (χ1n) is 7.64. The van der Waals surface area contributed by atoms with E-state index in [1.165, 1.54) is 31.0 Å². The molecule has 0 spiro atoms. The quantitative estimate of drug-likeness (QED) is 0.638. The molecule has 0 bridgehead atoms. The average Bonchev–Trinajstić information content (AvgIpc) is 3.31. The van der Waals surface area contributed by atoms with Gasteiger partial charge in [0.1, 0.15) is 0 Å². The van der Waals surface area contributed by atoms with E-state index in [0.717, 1.165) is 12.8 Å². The van der Waals surface area contributed by atoms with Crippen LogP contribution in [0, 0.1) is 16.0 Å². The second kappa shape index (κ2) is 6.66. The second-order valence-corrected chi connectivity index (χ2v) is 5.93. The van der Waals surface area contributed by atoms with Gasteiger partial charge in [0.2, 0.25) is 5.75 Å². The number of benzene rings is 1. The minimum Gasteiger partial charge on any atom is -0.427 e. The zero-order valence-corrected chi connectivity index (χ0v) is 12.4. The van der Waals surface area contributed by atoms with Crippen LogP contribution in [0.3, 0.4) is 0 Å². The maximum Gasteiger partial charge on any atom is 0.387 e. The van der Waals surface area contributed by atoms with Crippen molar-refractivity contribution in [2.24, 2.45) is 5.92 Å². The number of nitro groups is 1. The van der Waals surface area contributed by atoms with Crippen LogP contribution >= 0.6 is 0 Å². The number of nitrogens with zero attached hydrogens (tertiary/aromatic N) is 1. The third kappa shape index (κ3) is 4.07.